The zero-order chi connectivity index (χ0) is 28.1. The van der Waals surface area contributed by atoms with Crippen LogP contribution in [0.1, 0.15) is 82.0 Å². The summed E-state index contributed by atoms with van der Waals surface area (Å²) in [5, 5.41) is 14.5. The molecular weight excluding hydrogens is 528 g/mol. The van der Waals surface area contributed by atoms with E-state index < -0.39 is 22.2 Å². The van der Waals surface area contributed by atoms with Crippen molar-refractivity contribution in [3.05, 3.63) is 35.9 Å². The minimum Gasteiger partial charge on any atom is -0.373 e. The van der Waals surface area contributed by atoms with E-state index in [1.165, 1.54) is 12.5 Å². The maximum absolute atomic E-state index is 13.6. The largest absolute Gasteiger partial charge is 0.373 e. The molecule has 0 radical (unpaired) electrons. The molecule has 1 amide bonds. The molecule has 1 spiro atoms. The van der Waals surface area contributed by atoms with Crippen LogP contribution in [0.4, 0.5) is 17.5 Å². The number of aliphatic hydroxyl groups excluding tert-OH is 1. The molecule has 3 N–H and O–H groups in total. The van der Waals surface area contributed by atoms with Crippen molar-refractivity contribution in [1.29, 1.82) is 0 Å². The molecule has 2 aromatic rings. The van der Waals surface area contributed by atoms with Crippen molar-refractivity contribution < 1.29 is 18.3 Å². The molecule has 40 heavy (non-hydrogen) atoms. The molecule has 3 aliphatic heterocycles. The van der Waals surface area contributed by atoms with Gasteiger partial charge in [-0.25, -0.2) is 14.7 Å². The van der Waals surface area contributed by atoms with Crippen LogP contribution in [0.15, 0.2) is 35.4 Å². The van der Waals surface area contributed by atoms with Crippen molar-refractivity contribution in [1.82, 2.24) is 14.7 Å². The van der Waals surface area contributed by atoms with E-state index in [9.17, 15) is 18.3 Å². The number of pyridine rings is 2. The number of hydrogen-bond donors (Lipinski definition) is 3. The normalized spacial score (nSPS) is 27.3. The fraction of sp³-hybridized carbons (Fsp3) is 0.621. The van der Waals surface area contributed by atoms with E-state index in [0.29, 0.717) is 36.5 Å². The Morgan fingerprint density at radius 2 is 1.82 bits per heavy atom. The molecule has 4 aliphatic rings. The zero-order valence-corrected chi connectivity index (χ0v) is 24.2. The molecule has 1 unspecified atom stereocenters. The third-order valence-corrected chi connectivity index (χ3v) is 10.7. The molecular formula is C29H40N6O4S. The van der Waals surface area contributed by atoms with Crippen molar-refractivity contribution in [3.8, 4) is 0 Å². The quantitative estimate of drug-likeness (QED) is 0.469. The lowest BCUT2D eigenvalue weighted by molar-refractivity contribution is 0.0243. The van der Waals surface area contributed by atoms with Gasteiger partial charge in [-0.2, -0.15) is 8.42 Å². The van der Waals surface area contributed by atoms with Gasteiger partial charge in [-0.15, -0.1) is 0 Å². The highest BCUT2D eigenvalue weighted by Gasteiger charge is 2.48. The van der Waals surface area contributed by atoms with Gasteiger partial charge in [-0.05, 0) is 82.6 Å². The van der Waals surface area contributed by atoms with Crippen molar-refractivity contribution in [2.45, 2.75) is 88.4 Å². The molecule has 11 heteroatoms. The number of nitrogens with one attached hydrogen (secondary N) is 2. The molecule has 5 heterocycles. The second-order valence-corrected chi connectivity index (χ2v) is 14.3. The Kier molecular flexibility index (Phi) is 6.93. The Labute approximate surface area is 236 Å². The van der Waals surface area contributed by atoms with Crippen LogP contribution >= 0.6 is 0 Å². The van der Waals surface area contributed by atoms with Crippen LogP contribution in [0, 0.1) is 11.3 Å². The number of hydrogen-bond acceptors (Lipinski definition) is 9. The summed E-state index contributed by atoms with van der Waals surface area (Å²) in [4.78, 5) is 27.0. The SMILES string of the molecule is CC1(C)C[C@@H]2CCCNc3cccc(n3)S(=O)(=O)NC(=O)c3ccc(N4CCC5(CCCCC5)C4O)nc3N1C2. The van der Waals surface area contributed by atoms with Crippen LogP contribution in [-0.4, -0.2) is 60.8 Å². The molecule has 2 saturated heterocycles. The van der Waals surface area contributed by atoms with E-state index in [1.807, 2.05) is 4.90 Å². The summed E-state index contributed by atoms with van der Waals surface area (Å²) in [5.41, 5.74) is -0.190. The van der Waals surface area contributed by atoms with E-state index in [1.54, 1.807) is 24.3 Å². The second kappa shape index (κ2) is 10.2. The smallest absolute Gasteiger partial charge is 0.281 e. The molecule has 216 valence electrons. The summed E-state index contributed by atoms with van der Waals surface area (Å²) in [6.45, 7) is 6.39. The predicted octanol–water partition coefficient (Wildman–Crippen LogP) is 3.88. The third-order valence-electron chi connectivity index (χ3n) is 9.48. The van der Waals surface area contributed by atoms with E-state index in [-0.39, 0.29) is 21.5 Å². The van der Waals surface area contributed by atoms with Crippen molar-refractivity contribution in [2.24, 2.45) is 11.3 Å². The molecule has 3 fully saturated rings. The number of carbonyl (C=O) groups excluding carboxylic acids is 1. The van der Waals surface area contributed by atoms with E-state index in [4.69, 9.17) is 4.98 Å². The molecule has 6 rings (SSSR count). The summed E-state index contributed by atoms with van der Waals surface area (Å²) in [5.74, 6) is 1.21. The topological polar surface area (TPSA) is 128 Å². The van der Waals surface area contributed by atoms with Crippen LogP contribution in [0.25, 0.3) is 0 Å². The van der Waals surface area contributed by atoms with Crippen molar-refractivity contribution in [2.75, 3.05) is 34.8 Å². The molecule has 10 nitrogen and oxygen atoms in total. The Balaban J connectivity index is 1.40. The minimum absolute atomic E-state index is 0.107. The number of nitrogens with zero attached hydrogens (tertiary/aromatic N) is 4. The number of sulfonamides is 1. The first-order valence-electron chi connectivity index (χ1n) is 14.6. The minimum atomic E-state index is -4.21. The molecule has 0 aromatic carbocycles. The Morgan fingerprint density at radius 3 is 2.62 bits per heavy atom. The number of carbonyl (C=O) groups is 1. The highest BCUT2D eigenvalue weighted by molar-refractivity contribution is 7.90. The molecule has 1 aliphatic carbocycles. The monoisotopic (exact) mass is 568 g/mol. The number of fused-ring (bicyclic) bond motifs is 6. The average molecular weight is 569 g/mol. The van der Waals surface area contributed by atoms with Gasteiger partial charge in [-0.3, -0.25) is 4.79 Å². The van der Waals surface area contributed by atoms with Gasteiger partial charge in [0.25, 0.3) is 15.9 Å². The van der Waals surface area contributed by atoms with Crippen LogP contribution in [0.2, 0.25) is 0 Å². The highest BCUT2D eigenvalue weighted by atomic mass is 32.2. The van der Waals surface area contributed by atoms with Gasteiger partial charge in [0.2, 0.25) is 0 Å². The Bertz CT molecular complexity index is 1390. The summed E-state index contributed by atoms with van der Waals surface area (Å²) in [7, 11) is -4.21. The maximum atomic E-state index is 13.6. The zero-order valence-electron chi connectivity index (χ0n) is 23.4. The van der Waals surface area contributed by atoms with Gasteiger partial charge < -0.3 is 20.2 Å². The number of anilines is 3. The molecule has 1 saturated carbocycles. The van der Waals surface area contributed by atoms with Gasteiger partial charge >= 0.3 is 0 Å². The van der Waals surface area contributed by atoms with Crippen molar-refractivity contribution >= 4 is 33.4 Å². The standard InChI is InChI=1S/C29H40N6O4S/c1-28(2)18-20-8-7-16-30-22-9-6-10-24(31-22)40(38,39)33-26(36)21-11-12-23(32-25(21)35(28)19-20)34-17-15-29(27(34)37)13-4-3-5-14-29/h6,9-12,20,27,37H,3-5,7-8,13-19H2,1-2H3,(H,30,31)(H,33,36)/t20-,27?/m0/s1. The lowest BCUT2D eigenvalue weighted by atomic mass is 9.72. The average Bonchev–Trinajstić information content (AvgIpc) is 3.41. The molecule has 2 atom stereocenters. The second-order valence-electron chi connectivity index (χ2n) is 12.6. The maximum Gasteiger partial charge on any atom is 0.281 e. The van der Waals surface area contributed by atoms with Crippen molar-refractivity contribution in [3.63, 3.8) is 0 Å². The lowest BCUT2D eigenvalue weighted by Crippen LogP contribution is -2.43. The molecule has 2 aromatic heterocycles. The number of aliphatic hydroxyl groups is 1. The fourth-order valence-electron chi connectivity index (χ4n) is 7.36. The summed E-state index contributed by atoms with van der Waals surface area (Å²) >= 11 is 0. The van der Waals surface area contributed by atoms with Gasteiger partial charge in [-0.1, -0.05) is 25.3 Å². The Morgan fingerprint density at radius 1 is 1.02 bits per heavy atom. The summed E-state index contributed by atoms with van der Waals surface area (Å²) < 4.78 is 28.6. The fourth-order valence-corrected chi connectivity index (χ4v) is 8.30. The summed E-state index contributed by atoms with van der Waals surface area (Å²) in [6, 6.07) is 8.13. The number of rotatable bonds is 1. The van der Waals surface area contributed by atoms with Gasteiger partial charge in [0.05, 0.1) is 5.56 Å². The number of aromatic nitrogens is 2. The highest BCUT2D eigenvalue weighted by Crippen LogP contribution is 2.49. The number of amides is 1. The van der Waals surface area contributed by atoms with Crippen LogP contribution in [-0.2, 0) is 10.0 Å². The first-order chi connectivity index (χ1) is 19.1. The lowest BCUT2D eigenvalue weighted by Gasteiger charge is -2.38. The predicted molar refractivity (Wildman–Crippen MR) is 154 cm³/mol. The van der Waals surface area contributed by atoms with Crippen LogP contribution in [0.3, 0.4) is 0 Å². The van der Waals surface area contributed by atoms with Gasteiger partial charge in [0.15, 0.2) is 5.03 Å². The van der Waals surface area contributed by atoms with E-state index in [2.05, 4.69) is 33.8 Å². The summed E-state index contributed by atoms with van der Waals surface area (Å²) in [6.07, 6.45) is 8.63. The van der Waals surface area contributed by atoms with Gasteiger partial charge in [0, 0.05) is 30.6 Å². The first kappa shape index (κ1) is 27.3. The van der Waals surface area contributed by atoms with Crippen LogP contribution in [0.5, 0.6) is 0 Å². The van der Waals surface area contributed by atoms with Crippen LogP contribution < -0.4 is 19.8 Å². The van der Waals surface area contributed by atoms with Gasteiger partial charge in [0.1, 0.15) is 23.7 Å². The van der Waals surface area contributed by atoms with E-state index >= 15 is 0 Å². The molecule has 4 bridgehead atoms. The first-order valence-corrected chi connectivity index (χ1v) is 16.1. The third kappa shape index (κ3) is 4.91. The Hall–Kier alpha value is -2.92. The van der Waals surface area contributed by atoms with E-state index in [0.717, 1.165) is 57.9 Å².